The second-order valence-corrected chi connectivity index (χ2v) is 7.95. The summed E-state index contributed by atoms with van der Waals surface area (Å²) >= 11 is 0. The van der Waals surface area contributed by atoms with Gasteiger partial charge in [-0.25, -0.2) is 4.39 Å². The van der Waals surface area contributed by atoms with Crippen molar-refractivity contribution in [1.29, 1.82) is 0 Å². The van der Waals surface area contributed by atoms with Crippen LogP contribution in [-0.2, 0) is 0 Å². The molecular weight excluding hydrogens is 395 g/mol. The van der Waals surface area contributed by atoms with Gasteiger partial charge in [-0.15, -0.1) is 0 Å². The van der Waals surface area contributed by atoms with Gasteiger partial charge in [0.15, 0.2) is 0 Å². The number of nitrogens with one attached hydrogen (secondary N) is 1. The SMILES string of the molecule is NC(O)c1ccc(-c2ccccc2Oc2cccc(F)c2)cc1N[C@H]1CC[C@H](O)CC1. The fourth-order valence-electron chi connectivity index (χ4n) is 4.00. The summed E-state index contributed by atoms with van der Waals surface area (Å²) in [5, 5.41) is 23.3. The number of anilines is 1. The summed E-state index contributed by atoms with van der Waals surface area (Å²) < 4.78 is 19.5. The Kier molecular flexibility index (Phi) is 6.51. The van der Waals surface area contributed by atoms with Crippen LogP contribution in [0.25, 0.3) is 11.1 Å². The average molecular weight is 423 g/mol. The molecular formula is C25H27FN2O3. The maximum atomic E-state index is 13.6. The van der Waals surface area contributed by atoms with Crippen LogP contribution in [0.1, 0.15) is 37.5 Å². The van der Waals surface area contributed by atoms with Crippen LogP contribution >= 0.6 is 0 Å². The lowest BCUT2D eigenvalue weighted by atomic mass is 9.92. The third-order valence-corrected chi connectivity index (χ3v) is 5.65. The predicted octanol–water partition coefficient (Wildman–Crippen LogP) is 4.95. The van der Waals surface area contributed by atoms with Crippen molar-refractivity contribution in [3.63, 3.8) is 0 Å². The Morgan fingerprint density at radius 3 is 2.48 bits per heavy atom. The molecule has 1 aliphatic rings. The van der Waals surface area contributed by atoms with E-state index in [0.29, 0.717) is 17.1 Å². The first-order valence-electron chi connectivity index (χ1n) is 10.5. The monoisotopic (exact) mass is 422 g/mol. The second kappa shape index (κ2) is 9.47. The van der Waals surface area contributed by atoms with E-state index in [4.69, 9.17) is 10.5 Å². The first-order valence-corrected chi connectivity index (χ1v) is 10.5. The molecule has 1 saturated carbocycles. The number of aliphatic hydroxyl groups is 2. The predicted molar refractivity (Wildman–Crippen MR) is 119 cm³/mol. The minimum atomic E-state index is -1.11. The van der Waals surface area contributed by atoms with Gasteiger partial charge in [0.1, 0.15) is 23.5 Å². The number of aliphatic hydroxyl groups excluding tert-OH is 2. The number of halogens is 1. The lowest BCUT2D eigenvalue weighted by Crippen LogP contribution is -2.29. The van der Waals surface area contributed by atoms with E-state index in [9.17, 15) is 14.6 Å². The minimum Gasteiger partial charge on any atom is -0.457 e. The molecule has 1 unspecified atom stereocenters. The Morgan fingerprint density at radius 2 is 1.74 bits per heavy atom. The zero-order valence-electron chi connectivity index (χ0n) is 17.2. The van der Waals surface area contributed by atoms with Crippen molar-refractivity contribution in [2.24, 2.45) is 5.73 Å². The maximum absolute atomic E-state index is 13.6. The van der Waals surface area contributed by atoms with Crippen molar-refractivity contribution >= 4 is 5.69 Å². The fourth-order valence-corrected chi connectivity index (χ4v) is 4.00. The Bertz CT molecular complexity index is 1030. The Balaban J connectivity index is 1.65. The van der Waals surface area contributed by atoms with Gasteiger partial charge in [0.2, 0.25) is 0 Å². The van der Waals surface area contributed by atoms with E-state index in [1.54, 1.807) is 18.2 Å². The van der Waals surface area contributed by atoms with Gasteiger partial charge in [0.25, 0.3) is 0 Å². The largest absolute Gasteiger partial charge is 0.457 e. The third-order valence-electron chi connectivity index (χ3n) is 5.65. The van der Waals surface area contributed by atoms with Crippen molar-refractivity contribution in [2.75, 3.05) is 5.32 Å². The highest BCUT2D eigenvalue weighted by molar-refractivity contribution is 5.75. The first kappa shape index (κ1) is 21.3. The van der Waals surface area contributed by atoms with E-state index in [1.165, 1.54) is 12.1 Å². The molecule has 5 nitrogen and oxygen atoms in total. The third kappa shape index (κ3) is 5.22. The van der Waals surface area contributed by atoms with Gasteiger partial charge in [0.05, 0.1) is 6.10 Å². The molecule has 5 N–H and O–H groups in total. The van der Waals surface area contributed by atoms with Crippen molar-refractivity contribution in [3.05, 3.63) is 78.1 Å². The molecule has 0 amide bonds. The van der Waals surface area contributed by atoms with Gasteiger partial charge in [-0.05, 0) is 55.5 Å². The van der Waals surface area contributed by atoms with Crippen molar-refractivity contribution in [1.82, 2.24) is 0 Å². The van der Waals surface area contributed by atoms with E-state index in [-0.39, 0.29) is 18.0 Å². The standard InChI is InChI=1S/C25H27FN2O3/c26-17-4-3-5-20(15-17)31-24-7-2-1-6-21(24)16-8-13-22(25(27)30)23(14-16)28-18-9-11-19(29)12-10-18/h1-8,13-15,18-19,25,28-30H,9-12,27H2/t18-,19-,25?. The summed E-state index contributed by atoms with van der Waals surface area (Å²) in [6, 6.07) is 19.4. The van der Waals surface area contributed by atoms with Crippen LogP contribution in [-0.4, -0.2) is 22.4 Å². The minimum absolute atomic E-state index is 0.204. The molecule has 0 saturated heterocycles. The van der Waals surface area contributed by atoms with E-state index < -0.39 is 6.23 Å². The number of hydrogen-bond donors (Lipinski definition) is 4. The summed E-state index contributed by atoms with van der Waals surface area (Å²) in [5.74, 6) is 0.654. The summed E-state index contributed by atoms with van der Waals surface area (Å²) in [5.41, 5.74) is 8.88. The normalized spacial score (nSPS) is 19.6. The van der Waals surface area contributed by atoms with Crippen LogP contribution in [0.15, 0.2) is 66.7 Å². The van der Waals surface area contributed by atoms with Crippen molar-refractivity contribution in [2.45, 2.75) is 44.1 Å². The lowest BCUT2D eigenvalue weighted by molar-refractivity contribution is 0.126. The molecule has 0 radical (unpaired) electrons. The van der Waals surface area contributed by atoms with Gasteiger partial charge in [-0.2, -0.15) is 0 Å². The summed E-state index contributed by atoms with van der Waals surface area (Å²) in [7, 11) is 0. The number of benzene rings is 3. The molecule has 162 valence electrons. The summed E-state index contributed by atoms with van der Waals surface area (Å²) in [4.78, 5) is 0. The number of para-hydroxylation sites is 1. The molecule has 1 fully saturated rings. The van der Waals surface area contributed by atoms with E-state index in [2.05, 4.69) is 5.32 Å². The molecule has 4 rings (SSSR count). The Hall–Kier alpha value is -2.93. The topological polar surface area (TPSA) is 87.7 Å². The van der Waals surface area contributed by atoms with Crippen molar-refractivity contribution < 1.29 is 19.3 Å². The second-order valence-electron chi connectivity index (χ2n) is 7.95. The highest BCUT2D eigenvalue weighted by Crippen LogP contribution is 2.36. The van der Waals surface area contributed by atoms with E-state index in [0.717, 1.165) is 42.5 Å². The van der Waals surface area contributed by atoms with Crippen molar-refractivity contribution in [3.8, 4) is 22.6 Å². The number of ether oxygens (including phenoxy) is 1. The molecule has 31 heavy (non-hydrogen) atoms. The Morgan fingerprint density at radius 1 is 0.968 bits per heavy atom. The first-order chi connectivity index (χ1) is 15.0. The highest BCUT2D eigenvalue weighted by atomic mass is 19.1. The zero-order valence-corrected chi connectivity index (χ0v) is 17.2. The van der Waals surface area contributed by atoms with Gasteiger partial charge < -0.3 is 26.0 Å². The Labute approximate surface area is 181 Å². The molecule has 0 heterocycles. The van der Waals surface area contributed by atoms with E-state index in [1.807, 2.05) is 36.4 Å². The number of rotatable bonds is 6. The molecule has 0 bridgehead atoms. The smallest absolute Gasteiger partial charge is 0.135 e. The summed E-state index contributed by atoms with van der Waals surface area (Å²) in [6.07, 6.45) is 1.86. The molecule has 1 aliphatic carbocycles. The highest BCUT2D eigenvalue weighted by Gasteiger charge is 2.21. The van der Waals surface area contributed by atoms with Crippen LogP contribution < -0.4 is 15.8 Å². The van der Waals surface area contributed by atoms with Crippen LogP contribution in [0.3, 0.4) is 0 Å². The number of nitrogens with two attached hydrogens (primary N) is 1. The van der Waals surface area contributed by atoms with Gasteiger partial charge in [-0.1, -0.05) is 36.4 Å². The summed E-state index contributed by atoms with van der Waals surface area (Å²) in [6.45, 7) is 0. The van der Waals surface area contributed by atoms with Gasteiger partial charge in [0, 0.05) is 28.9 Å². The van der Waals surface area contributed by atoms with E-state index >= 15 is 0 Å². The molecule has 0 spiro atoms. The molecule has 1 atom stereocenters. The van der Waals surface area contributed by atoms with Gasteiger partial charge in [-0.3, -0.25) is 0 Å². The van der Waals surface area contributed by atoms with Crippen LogP contribution in [0.4, 0.5) is 10.1 Å². The van der Waals surface area contributed by atoms with Gasteiger partial charge >= 0.3 is 0 Å². The van der Waals surface area contributed by atoms with Crippen LogP contribution in [0, 0.1) is 5.82 Å². The molecule has 6 heteroatoms. The molecule has 3 aromatic rings. The fraction of sp³-hybridized carbons (Fsp3) is 0.280. The average Bonchev–Trinajstić information content (AvgIpc) is 2.75. The zero-order chi connectivity index (χ0) is 21.8. The quantitative estimate of drug-likeness (QED) is 0.422. The molecule has 3 aromatic carbocycles. The molecule has 0 aliphatic heterocycles. The molecule has 0 aromatic heterocycles. The lowest BCUT2D eigenvalue weighted by Gasteiger charge is -2.28. The number of hydrogen-bond acceptors (Lipinski definition) is 5. The van der Waals surface area contributed by atoms with Crippen LogP contribution in [0.5, 0.6) is 11.5 Å². The van der Waals surface area contributed by atoms with Crippen LogP contribution in [0.2, 0.25) is 0 Å². The maximum Gasteiger partial charge on any atom is 0.135 e.